The third-order valence-electron chi connectivity index (χ3n) is 3.85. The van der Waals surface area contributed by atoms with Gasteiger partial charge in [-0.05, 0) is 44.5 Å². The Labute approximate surface area is 122 Å². The summed E-state index contributed by atoms with van der Waals surface area (Å²) in [6.07, 6.45) is -2.85. The summed E-state index contributed by atoms with van der Waals surface area (Å²) >= 11 is 0. The summed E-state index contributed by atoms with van der Waals surface area (Å²) < 4.78 is 43.2. The van der Waals surface area contributed by atoms with Crippen molar-refractivity contribution < 1.29 is 17.9 Å². The second-order valence-corrected chi connectivity index (χ2v) is 5.40. The van der Waals surface area contributed by atoms with Crippen molar-refractivity contribution in [2.24, 2.45) is 5.92 Å². The maximum Gasteiger partial charge on any atom is 0.391 e. The predicted molar refractivity (Wildman–Crippen MR) is 76.2 cm³/mol. The monoisotopic (exact) mass is 302 g/mol. The van der Waals surface area contributed by atoms with Crippen molar-refractivity contribution in [3.8, 4) is 5.75 Å². The second kappa shape index (κ2) is 7.02. The standard InChI is InChI=1S/C15H21F3N2O/c16-15(17,18)12-6-9-20(10-7-12)8-3-11-21-14-5-2-1-4-13(14)19/h1-2,4-5,12H,3,6-11,19H2. The Morgan fingerprint density at radius 2 is 1.86 bits per heavy atom. The van der Waals surface area contributed by atoms with Crippen LogP contribution in [0.15, 0.2) is 24.3 Å². The van der Waals surface area contributed by atoms with Gasteiger partial charge < -0.3 is 15.4 Å². The van der Waals surface area contributed by atoms with Crippen LogP contribution in [0.3, 0.4) is 0 Å². The van der Waals surface area contributed by atoms with E-state index < -0.39 is 12.1 Å². The quantitative estimate of drug-likeness (QED) is 0.670. The number of hydrogen-bond donors (Lipinski definition) is 1. The van der Waals surface area contributed by atoms with Crippen molar-refractivity contribution in [2.75, 3.05) is 32.0 Å². The smallest absolute Gasteiger partial charge is 0.391 e. The molecule has 118 valence electrons. The van der Waals surface area contributed by atoms with E-state index in [0.717, 1.165) is 13.0 Å². The second-order valence-electron chi connectivity index (χ2n) is 5.40. The molecule has 0 unspecified atom stereocenters. The number of anilines is 1. The van der Waals surface area contributed by atoms with Gasteiger partial charge in [0.15, 0.2) is 0 Å². The molecule has 0 bridgehead atoms. The first-order valence-corrected chi connectivity index (χ1v) is 7.23. The molecule has 2 rings (SSSR count). The molecule has 1 aliphatic rings. The van der Waals surface area contributed by atoms with Gasteiger partial charge in [-0.15, -0.1) is 0 Å². The van der Waals surface area contributed by atoms with Gasteiger partial charge in [0, 0.05) is 6.54 Å². The first-order chi connectivity index (χ1) is 9.97. The Kier molecular flexibility index (Phi) is 5.33. The molecule has 0 saturated carbocycles. The molecule has 0 spiro atoms. The van der Waals surface area contributed by atoms with Gasteiger partial charge in [0.05, 0.1) is 18.2 Å². The zero-order chi connectivity index (χ0) is 15.3. The molecule has 1 aromatic rings. The SMILES string of the molecule is Nc1ccccc1OCCCN1CCC(C(F)(F)F)CC1. The van der Waals surface area contributed by atoms with Gasteiger partial charge in [0.25, 0.3) is 0 Å². The van der Waals surface area contributed by atoms with Crippen LogP contribution in [-0.2, 0) is 0 Å². The van der Waals surface area contributed by atoms with E-state index in [-0.39, 0.29) is 12.8 Å². The first kappa shape index (κ1) is 15.9. The number of ether oxygens (including phenoxy) is 1. The summed E-state index contributed by atoms with van der Waals surface area (Å²) in [5.74, 6) is -0.470. The van der Waals surface area contributed by atoms with E-state index in [1.807, 2.05) is 18.2 Å². The lowest BCUT2D eigenvalue weighted by Crippen LogP contribution is -2.39. The van der Waals surface area contributed by atoms with Crippen LogP contribution in [-0.4, -0.2) is 37.3 Å². The van der Waals surface area contributed by atoms with Crippen molar-refractivity contribution in [3.63, 3.8) is 0 Å². The summed E-state index contributed by atoms with van der Waals surface area (Å²) in [4.78, 5) is 2.07. The van der Waals surface area contributed by atoms with E-state index in [4.69, 9.17) is 10.5 Å². The number of likely N-dealkylation sites (tertiary alicyclic amines) is 1. The fourth-order valence-corrected chi connectivity index (χ4v) is 2.57. The van der Waals surface area contributed by atoms with Gasteiger partial charge in [-0.3, -0.25) is 0 Å². The molecule has 21 heavy (non-hydrogen) atoms. The molecule has 1 fully saturated rings. The Morgan fingerprint density at radius 3 is 2.48 bits per heavy atom. The highest BCUT2D eigenvalue weighted by molar-refractivity contribution is 5.51. The molecule has 0 radical (unpaired) electrons. The number of rotatable bonds is 5. The van der Waals surface area contributed by atoms with Crippen LogP contribution in [0.25, 0.3) is 0 Å². The average Bonchev–Trinajstić information content (AvgIpc) is 2.45. The van der Waals surface area contributed by atoms with Crippen molar-refractivity contribution in [1.29, 1.82) is 0 Å². The lowest BCUT2D eigenvalue weighted by Gasteiger charge is -2.32. The lowest BCUT2D eigenvalue weighted by atomic mass is 9.96. The van der Waals surface area contributed by atoms with Crippen LogP contribution in [0.4, 0.5) is 18.9 Å². The number of nitrogens with zero attached hydrogens (tertiary/aromatic N) is 1. The highest BCUT2D eigenvalue weighted by Crippen LogP contribution is 2.34. The molecule has 1 aromatic carbocycles. The Bertz CT molecular complexity index is 443. The summed E-state index contributed by atoms with van der Waals surface area (Å²) in [5, 5.41) is 0. The van der Waals surface area contributed by atoms with E-state index in [0.29, 0.717) is 31.1 Å². The third-order valence-corrected chi connectivity index (χ3v) is 3.85. The number of hydrogen-bond acceptors (Lipinski definition) is 3. The Morgan fingerprint density at radius 1 is 1.19 bits per heavy atom. The van der Waals surface area contributed by atoms with E-state index in [1.54, 1.807) is 6.07 Å². The molecule has 1 heterocycles. The maximum atomic E-state index is 12.6. The summed E-state index contributed by atoms with van der Waals surface area (Å²) in [6.45, 7) is 2.31. The number of para-hydroxylation sites is 2. The summed E-state index contributed by atoms with van der Waals surface area (Å²) in [7, 11) is 0. The number of halogens is 3. The first-order valence-electron chi connectivity index (χ1n) is 7.23. The average molecular weight is 302 g/mol. The molecular formula is C15H21F3N2O. The van der Waals surface area contributed by atoms with Crippen molar-refractivity contribution in [2.45, 2.75) is 25.4 Å². The van der Waals surface area contributed by atoms with Crippen LogP contribution < -0.4 is 10.5 Å². The highest BCUT2D eigenvalue weighted by Gasteiger charge is 2.40. The molecule has 1 saturated heterocycles. The van der Waals surface area contributed by atoms with Crippen LogP contribution in [0.5, 0.6) is 5.75 Å². The number of nitrogen functional groups attached to an aromatic ring is 1. The molecule has 0 aliphatic carbocycles. The van der Waals surface area contributed by atoms with Crippen LogP contribution in [0, 0.1) is 5.92 Å². The Balaban J connectivity index is 1.63. The number of nitrogens with two attached hydrogens (primary N) is 1. The van der Waals surface area contributed by atoms with Crippen LogP contribution >= 0.6 is 0 Å². The summed E-state index contributed by atoms with van der Waals surface area (Å²) in [5.41, 5.74) is 6.36. The predicted octanol–water partition coefficient (Wildman–Crippen LogP) is 3.31. The third kappa shape index (κ3) is 4.81. The molecule has 0 amide bonds. The number of piperidine rings is 1. The van der Waals surface area contributed by atoms with Crippen LogP contribution in [0.2, 0.25) is 0 Å². The molecule has 3 nitrogen and oxygen atoms in total. The van der Waals surface area contributed by atoms with Crippen molar-refractivity contribution in [3.05, 3.63) is 24.3 Å². The van der Waals surface area contributed by atoms with Gasteiger partial charge >= 0.3 is 6.18 Å². The van der Waals surface area contributed by atoms with E-state index in [2.05, 4.69) is 4.90 Å². The number of alkyl halides is 3. The molecule has 6 heteroatoms. The lowest BCUT2D eigenvalue weighted by molar-refractivity contribution is -0.185. The largest absolute Gasteiger partial charge is 0.491 e. The molecule has 1 aliphatic heterocycles. The minimum absolute atomic E-state index is 0.204. The summed E-state index contributed by atoms with van der Waals surface area (Å²) in [6, 6.07) is 7.28. The minimum atomic E-state index is -4.04. The maximum absolute atomic E-state index is 12.6. The van der Waals surface area contributed by atoms with E-state index in [9.17, 15) is 13.2 Å². The fraction of sp³-hybridized carbons (Fsp3) is 0.600. The highest BCUT2D eigenvalue weighted by atomic mass is 19.4. The normalized spacial score (nSPS) is 17.9. The van der Waals surface area contributed by atoms with E-state index >= 15 is 0 Å². The van der Waals surface area contributed by atoms with Gasteiger partial charge in [-0.1, -0.05) is 12.1 Å². The topological polar surface area (TPSA) is 38.5 Å². The number of benzene rings is 1. The molecule has 0 aromatic heterocycles. The molecule has 0 atom stereocenters. The van der Waals surface area contributed by atoms with Crippen molar-refractivity contribution in [1.82, 2.24) is 4.90 Å². The van der Waals surface area contributed by atoms with Crippen molar-refractivity contribution >= 4 is 5.69 Å². The van der Waals surface area contributed by atoms with Gasteiger partial charge in [-0.2, -0.15) is 13.2 Å². The Hall–Kier alpha value is -1.43. The van der Waals surface area contributed by atoms with Gasteiger partial charge in [0.1, 0.15) is 5.75 Å². The zero-order valence-electron chi connectivity index (χ0n) is 11.9. The molecular weight excluding hydrogens is 281 g/mol. The minimum Gasteiger partial charge on any atom is -0.491 e. The fourth-order valence-electron chi connectivity index (χ4n) is 2.57. The van der Waals surface area contributed by atoms with Crippen LogP contribution in [0.1, 0.15) is 19.3 Å². The van der Waals surface area contributed by atoms with E-state index in [1.165, 1.54) is 0 Å². The van der Waals surface area contributed by atoms with Gasteiger partial charge in [-0.25, -0.2) is 0 Å². The van der Waals surface area contributed by atoms with Gasteiger partial charge in [0.2, 0.25) is 0 Å². The molecule has 2 N–H and O–H groups in total. The zero-order valence-corrected chi connectivity index (χ0v) is 11.9.